The standard InChI is InChI=1S/C4H6N2Se/c1-7-4-5-2-3-6-4/h2-3H,1H3,(H,5,6). The van der Waals surface area contributed by atoms with Crippen molar-refractivity contribution in [1.29, 1.82) is 0 Å². The Hall–Kier alpha value is -0.271. The van der Waals surface area contributed by atoms with E-state index in [0.717, 1.165) is 4.72 Å². The van der Waals surface area contributed by atoms with E-state index in [1.165, 1.54) is 0 Å². The number of imidazole rings is 1. The van der Waals surface area contributed by atoms with Crippen molar-refractivity contribution in [2.45, 2.75) is 5.82 Å². The summed E-state index contributed by atoms with van der Waals surface area (Å²) in [7, 11) is 0. The van der Waals surface area contributed by atoms with Crippen molar-refractivity contribution in [3.05, 3.63) is 12.4 Å². The van der Waals surface area contributed by atoms with Gasteiger partial charge in [-0.3, -0.25) is 0 Å². The van der Waals surface area contributed by atoms with Crippen molar-refractivity contribution >= 4 is 19.7 Å². The molecule has 0 atom stereocenters. The van der Waals surface area contributed by atoms with Crippen LogP contribution in [0.2, 0.25) is 5.82 Å². The third kappa shape index (κ3) is 1.05. The van der Waals surface area contributed by atoms with Gasteiger partial charge in [0.2, 0.25) is 0 Å². The van der Waals surface area contributed by atoms with E-state index < -0.39 is 0 Å². The van der Waals surface area contributed by atoms with Crippen LogP contribution in [0.1, 0.15) is 0 Å². The maximum atomic E-state index is 4.01. The molecule has 0 aliphatic heterocycles. The number of aromatic nitrogens is 2. The Morgan fingerprint density at radius 1 is 1.86 bits per heavy atom. The zero-order valence-corrected chi connectivity index (χ0v) is 5.72. The third-order valence-corrected chi connectivity index (χ3v) is 1.95. The average Bonchev–Trinajstić information content (AvgIpc) is 2.14. The molecule has 0 aliphatic rings. The minimum atomic E-state index is 0.531. The molecular weight excluding hydrogens is 155 g/mol. The van der Waals surface area contributed by atoms with Crippen LogP contribution < -0.4 is 4.72 Å². The zero-order chi connectivity index (χ0) is 5.11. The molecule has 1 heterocycles. The summed E-state index contributed by atoms with van der Waals surface area (Å²) in [5.41, 5.74) is 0. The van der Waals surface area contributed by atoms with Gasteiger partial charge in [0.25, 0.3) is 0 Å². The average molecular weight is 161 g/mol. The van der Waals surface area contributed by atoms with Crippen LogP contribution in [0, 0.1) is 0 Å². The Morgan fingerprint density at radius 2 is 2.71 bits per heavy atom. The first-order valence-electron chi connectivity index (χ1n) is 1.97. The molecule has 0 saturated carbocycles. The predicted octanol–water partition coefficient (Wildman–Crippen LogP) is -0.213. The SMILES string of the molecule is C[Se]c1ncc[nH]1. The fourth-order valence-electron chi connectivity index (χ4n) is 0.362. The predicted molar refractivity (Wildman–Crippen MR) is 29.8 cm³/mol. The maximum absolute atomic E-state index is 4.01. The second-order valence-electron chi connectivity index (χ2n) is 1.10. The van der Waals surface area contributed by atoms with Crippen LogP contribution in [0.15, 0.2) is 12.4 Å². The molecule has 0 aromatic carbocycles. The number of aromatic amines is 1. The fourth-order valence-corrected chi connectivity index (χ4v) is 1.10. The third-order valence-electron chi connectivity index (χ3n) is 0.666. The van der Waals surface area contributed by atoms with Gasteiger partial charge in [-0.15, -0.1) is 0 Å². The Labute approximate surface area is 48.5 Å². The van der Waals surface area contributed by atoms with Crippen LogP contribution in [-0.4, -0.2) is 24.9 Å². The van der Waals surface area contributed by atoms with Gasteiger partial charge in [-0.05, 0) is 0 Å². The van der Waals surface area contributed by atoms with E-state index in [-0.39, 0.29) is 0 Å². The molecule has 0 radical (unpaired) electrons. The second-order valence-corrected chi connectivity index (χ2v) is 2.77. The van der Waals surface area contributed by atoms with Crippen LogP contribution >= 0.6 is 0 Å². The first kappa shape index (κ1) is 4.88. The van der Waals surface area contributed by atoms with Crippen molar-refractivity contribution in [2.24, 2.45) is 0 Å². The van der Waals surface area contributed by atoms with Crippen molar-refractivity contribution in [1.82, 2.24) is 9.97 Å². The summed E-state index contributed by atoms with van der Waals surface area (Å²) in [5, 5.41) is 0. The molecule has 38 valence electrons. The van der Waals surface area contributed by atoms with Gasteiger partial charge in [-0.2, -0.15) is 0 Å². The second kappa shape index (κ2) is 2.15. The number of rotatable bonds is 1. The molecule has 7 heavy (non-hydrogen) atoms. The van der Waals surface area contributed by atoms with E-state index >= 15 is 0 Å². The summed E-state index contributed by atoms with van der Waals surface area (Å²) < 4.78 is 1.12. The number of nitrogens with one attached hydrogen (secondary N) is 1. The van der Waals surface area contributed by atoms with Crippen LogP contribution in [0.4, 0.5) is 0 Å². The van der Waals surface area contributed by atoms with Gasteiger partial charge in [0, 0.05) is 0 Å². The van der Waals surface area contributed by atoms with Gasteiger partial charge in [-0.25, -0.2) is 0 Å². The Kier molecular flexibility index (Phi) is 1.49. The van der Waals surface area contributed by atoms with E-state index in [2.05, 4.69) is 15.8 Å². The Bertz CT molecular complexity index is 124. The first-order valence-corrected chi connectivity index (χ1v) is 4.54. The minimum absolute atomic E-state index is 0.531. The van der Waals surface area contributed by atoms with E-state index in [4.69, 9.17) is 0 Å². The molecule has 0 spiro atoms. The topological polar surface area (TPSA) is 28.7 Å². The number of H-pyrrole nitrogens is 1. The van der Waals surface area contributed by atoms with Gasteiger partial charge < -0.3 is 0 Å². The molecule has 1 aromatic rings. The quantitative estimate of drug-likeness (QED) is 0.567. The van der Waals surface area contributed by atoms with Gasteiger partial charge in [0.1, 0.15) is 0 Å². The van der Waals surface area contributed by atoms with E-state index in [9.17, 15) is 0 Å². The summed E-state index contributed by atoms with van der Waals surface area (Å²) >= 11 is 0.531. The Morgan fingerprint density at radius 3 is 3.00 bits per heavy atom. The molecule has 0 amide bonds. The van der Waals surface area contributed by atoms with Gasteiger partial charge in [-0.1, -0.05) is 0 Å². The van der Waals surface area contributed by atoms with Crippen molar-refractivity contribution in [3.63, 3.8) is 0 Å². The summed E-state index contributed by atoms with van der Waals surface area (Å²) in [6.45, 7) is 0. The summed E-state index contributed by atoms with van der Waals surface area (Å²) in [5.74, 6) is 2.13. The normalized spacial score (nSPS) is 9.29. The van der Waals surface area contributed by atoms with Crippen LogP contribution in [0.5, 0.6) is 0 Å². The summed E-state index contributed by atoms with van der Waals surface area (Å²) in [4.78, 5) is 7.01. The summed E-state index contributed by atoms with van der Waals surface area (Å²) in [6.07, 6.45) is 3.63. The molecule has 3 heteroatoms. The molecule has 1 aromatic heterocycles. The van der Waals surface area contributed by atoms with Gasteiger partial charge >= 0.3 is 47.9 Å². The van der Waals surface area contributed by atoms with Crippen LogP contribution in [0.3, 0.4) is 0 Å². The van der Waals surface area contributed by atoms with Crippen molar-refractivity contribution < 1.29 is 0 Å². The first-order chi connectivity index (χ1) is 3.43. The fraction of sp³-hybridized carbons (Fsp3) is 0.250. The van der Waals surface area contributed by atoms with Crippen LogP contribution in [0.25, 0.3) is 0 Å². The molecule has 1 rings (SSSR count). The molecule has 0 fully saturated rings. The molecule has 0 aliphatic carbocycles. The molecule has 1 N–H and O–H groups in total. The molecule has 0 bridgehead atoms. The summed E-state index contributed by atoms with van der Waals surface area (Å²) in [6, 6.07) is 0. The van der Waals surface area contributed by atoms with Gasteiger partial charge in [0.05, 0.1) is 0 Å². The number of hydrogen-bond acceptors (Lipinski definition) is 1. The van der Waals surface area contributed by atoms with Crippen LogP contribution in [-0.2, 0) is 0 Å². The monoisotopic (exact) mass is 162 g/mol. The number of hydrogen-bond donors (Lipinski definition) is 1. The van der Waals surface area contributed by atoms with E-state index in [1.807, 2.05) is 6.20 Å². The molecule has 0 saturated heterocycles. The number of nitrogens with zero attached hydrogens (tertiary/aromatic N) is 1. The van der Waals surface area contributed by atoms with Crippen molar-refractivity contribution in [3.8, 4) is 0 Å². The van der Waals surface area contributed by atoms with Gasteiger partial charge in [0.15, 0.2) is 0 Å². The van der Waals surface area contributed by atoms with E-state index in [0.29, 0.717) is 15.0 Å². The molecule has 2 nitrogen and oxygen atoms in total. The van der Waals surface area contributed by atoms with Crippen molar-refractivity contribution in [2.75, 3.05) is 0 Å². The molecular formula is C4H6N2Se. The zero-order valence-electron chi connectivity index (χ0n) is 4.01. The molecule has 0 unspecified atom stereocenters. The van der Waals surface area contributed by atoms with E-state index in [1.54, 1.807) is 6.20 Å². The Balaban J connectivity index is 2.76.